The highest BCUT2D eigenvalue weighted by Gasteiger charge is 2.09. The van der Waals surface area contributed by atoms with Gasteiger partial charge in [-0.25, -0.2) is 4.98 Å². The molecule has 0 aliphatic heterocycles. The molecule has 0 saturated heterocycles. The molecule has 5 heteroatoms. The maximum atomic E-state index is 5.88. The van der Waals surface area contributed by atoms with Gasteiger partial charge in [-0.1, -0.05) is 28.1 Å². The quantitative estimate of drug-likeness (QED) is 0.864. The number of ether oxygens (including phenoxy) is 1. The molecular formula is C13H16BrN3O. The van der Waals surface area contributed by atoms with Gasteiger partial charge in [-0.3, -0.25) is 0 Å². The van der Waals surface area contributed by atoms with Crippen molar-refractivity contribution >= 4 is 21.9 Å². The van der Waals surface area contributed by atoms with Crippen molar-refractivity contribution in [1.29, 1.82) is 0 Å². The lowest BCUT2D eigenvalue weighted by molar-refractivity contribution is 0.139. The van der Waals surface area contributed by atoms with E-state index in [0.717, 1.165) is 15.7 Å². The Hall–Kier alpha value is -1.33. The first-order valence-electron chi connectivity index (χ1n) is 5.87. The van der Waals surface area contributed by atoms with Gasteiger partial charge >= 0.3 is 0 Å². The van der Waals surface area contributed by atoms with Crippen LogP contribution in [-0.4, -0.2) is 22.8 Å². The van der Waals surface area contributed by atoms with Gasteiger partial charge in [0.05, 0.1) is 18.5 Å². The first kappa shape index (κ1) is 13.1. The van der Waals surface area contributed by atoms with E-state index in [1.807, 2.05) is 35.8 Å². The fourth-order valence-corrected chi connectivity index (χ4v) is 2.20. The van der Waals surface area contributed by atoms with Gasteiger partial charge in [0.25, 0.3) is 0 Å². The van der Waals surface area contributed by atoms with Gasteiger partial charge in [0.15, 0.2) is 0 Å². The van der Waals surface area contributed by atoms with E-state index in [-0.39, 0.29) is 0 Å². The number of nitrogens with two attached hydrogens (primary N) is 1. The molecule has 0 radical (unpaired) electrons. The topological polar surface area (TPSA) is 53.1 Å². The Morgan fingerprint density at radius 3 is 3.00 bits per heavy atom. The van der Waals surface area contributed by atoms with E-state index in [4.69, 9.17) is 10.5 Å². The number of hydrogen-bond donors (Lipinski definition) is 1. The van der Waals surface area contributed by atoms with Gasteiger partial charge in [-0.2, -0.15) is 0 Å². The van der Waals surface area contributed by atoms with E-state index in [9.17, 15) is 0 Å². The Morgan fingerprint density at radius 2 is 2.28 bits per heavy atom. The van der Waals surface area contributed by atoms with Crippen LogP contribution in [0.4, 0.5) is 5.95 Å². The summed E-state index contributed by atoms with van der Waals surface area (Å²) in [6.45, 7) is 4.03. The first-order valence-corrected chi connectivity index (χ1v) is 6.66. The molecule has 0 amide bonds. The number of anilines is 1. The number of imidazole rings is 1. The van der Waals surface area contributed by atoms with Crippen LogP contribution in [0.5, 0.6) is 0 Å². The van der Waals surface area contributed by atoms with E-state index in [1.54, 1.807) is 6.20 Å². The maximum absolute atomic E-state index is 5.88. The summed E-state index contributed by atoms with van der Waals surface area (Å²) in [5.41, 5.74) is 7.98. The van der Waals surface area contributed by atoms with E-state index in [0.29, 0.717) is 25.7 Å². The van der Waals surface area contributed by atoms with Gasteiger partial charge in [-0.15, -0.1) is 0 Å². The summed E-state index contributed by atoms with van der Waals surface area (Å²) in [6, 6.07) is 8.08. The van der Waals surface area contributed by atoms with Crippen LogP contribution in [0, 0.1) is 0 Å². The normalized spacial score (nSPS) is 10.8. The zero-order chi connectivity index (χ0) is 13.0. The monoisotopic (exact) mass is 309 g/mol. The van der Waals surface area contributed by atoms with Gasteiger partial charge in [0, 0.05) is 23.2 Å². The van der Waals surface area contributed by atoms with Gasteiger partial charge in [0.1, 0.15) is 0 Å². The molecule has 0 atom stereocenters. The number of hydrogen-bond acceptors (Lipinski definition) is 3. The third kappa shape index (κ3) is 2.91. The van der Waals surface area contributed by atoms with Gasteiger partial charge < -0.3 is 15.0 Å². The summed E-state index contributed by atoms with van der Waals surface area (Å²) in [5.74, 6) is 0.518. The van der Waals surface area contributed by atoms with Crippen molar-refractivity contribution in [2.45, 2.75) is 13.5 Å². The maximum Gasteiger partial charge on any atom is 0.200 e. The van der Waals surface area contributed by atoms with Gasteiger partial charge in [0.2, 0.25) is 5.95 Å². The summed E-state index contributed by atoms with van der Waals surface area (Å²) >= 11 is 3.47. The van der Waals surface area contributed by atoms with Crippen LogP contribution >= 0.6 is 15.9 Å². The van der Waals surface area contributed by atoms with E-state index in [1.165, 1.54) is 0 Å². The second-order valence-corrected chi connectivity index (χ2v) is 4.78. The molecule has 0 unspecified atom stereocenters. The Bertz CT molecular complexity index is 525. The Morgan fingerprint density at radius 1 is 1.44 bits per heavy atom. The molecule has 1 aromatic carbocycles. The number of nitrogens with zero attached hydrogens (tertiary/aromatic N) is 2. The highest BCUT2D eigenvalue weighted by Crippen LogP contribution is 2.24. The average Bonchev–Trinajstić information content (AvgIpc) is 2.72. The highest BCUT2D eigenvalue weighted by atomic mass is 79.9. The molecule has 0 fully saturated rings. The minimum absolute atomic E-state index is 0.518. The Kier molecular flexibility index (Phi) is 4.38. The molecule has 1 heterocycles. The molecule has 0 spiro atoms. The number of nitrogen functional groups attached to an aromatic ring is 1. The molecule has 2 aromatic rings. The Balaban J connectivity index is 2.28. The Labute approximate surface area is 115 Å². The number of aromatic nitrogens is 2. The van der Waals surface area contributed by atoms with Crippen molar-refractivity contribution in [2.24, 2.45) is 0 Å². The largest absolute Gasteiger partial charge is 0.380 e. The minimum Gasteiger partial charge on any atom is -0.380 e. The highest BCUT2D eigenvalue weighted by molar-refractivity contribution is 9.10. The predicted octanol–water partition coefficient (Wildman–Crippen LogP) is 2.93. The summed E-state index contributed by atoms with van der Waals surface area (Å²) in [7, 11) is 0. The molecule has 2 rings (SSSR count). The van der Waals surface area contributed by atoms with Crippen molar-refractivity contribution in [3.8, 4) is 11.3 Å². The third-order valence-electron chi connectivity index (χ3n) is 2.67. The second-order valence-electron chi connectivity index (χ2n) is 3.86. The summed E-state index contributed by atoms with van der Waals surface area (Å²) in [6.07, 6.45) is 1.79. The number of halogens is 1. The standard InChI is InChI=1S/C13H16BrN3O/c1-2-18-7-6-17-12(9-16-13(17)15)10-4-3-5-11(14)8-10/h3-5,8-9H,2,6-7H2,1H3,(H2,15,16). The predicted molar refractivity (Wildman–Crippen MR) is 76.3 cm³/mol. The molecule has 0 aliphatic rings. The second kappa shape index (κ2) is 6.02. The molecule has 0 saturated carbocycles. The smallest absolute Gasteiger partial charge is 0.200 e. The average molecular weight is 310 g/mol. The lowest BCUT2D eigenvalue weighted by atomic mass is 10.2. The third-order valence-corrected chi connectivity index (χ3v) is 3.16. The van der Waals surface area contributed by atoms with Crippen LogP contribution in [0.15, 0.2) is 34.9 Å². The summed E-state index contributed by atoms with van der Waals surface area (Å²) in [4.78, 5) is 4.17. The molecule has 2 N–H and O–H groups in total. The van der Waals surface area contributed by atoms with Crippen molar-refractivity contribution < 1.29 is 4.74 Å². The van der Waals surface area contributed by atoms with Crippen LogP contribution < -0.4 is 5.73 Å². The first-order chi connectivity index (χ1) is 8.72. The molecule has 0 aliphatic carbocycles. The van der Waals surface area contributed by atoms with Crippen LogP contribution in [0.3, 0.4) is 0 Å². The zero-order valence-electron chi connectivity index (χ0n) is 10.3. The fourth-order valence-electron chi connectivity index (χ4n) is 1.80. The molecule has 4 nitrogen and oxygen atoms in total. The SMILES string of the molecule is CCOCCn1c(-c2cccc(Br)c2)cnc1N. The van der Waals surface area contributed by atoms with Crippen molar-refractivity contribution in [3.05, 3.63) is 34.9 Å². The minimum atomic E-state index is 0.518. The number of rotatable bonds is 5. The van der Waals surface area contributed by atoms with Crippen molar-refractivity contribution in [3.63, 3.8) is 0 Å². The molecular weight excluding hydrogens is 294 g/mol. The lowest BCUT2D eigenvalue weighted by Gasteiger charge is -2.10. The van der Waals surface area contributed by atoms with E-state index in [2.05, 4.69) is 20.9 Å². The molecule has 96 valence electrons. The molecule has 0 bridgehead atoms. The zero-order valence-corrected chi connectivity index (χ0v) is 11.9. The summed E-state index contributed by atoms with van der Waals surface area (Å²) < 4.78 is 8.37. The van der Waals surface area contributed by atoms with Crippen LogP contribution in [0.2, 0.25) is 0 Å². The number of benzene rings is 1. The van der Waals surface area contributed by atoms with Crippen molar-refractivity contribution in [1.82, 2.24) is 9.55 Å². The molecule has 1 aromatic heterocycles. The van der Waals surface area contributed by atoms with Crippen molar-refractivity contribution in [2.75, 3.05) is 18.9 Å². The van der Waals surface area contributed by atoms with E-state index >= 15 is 0 Å². The molecule has 18 heavy (non-hydrogen) atoms. The van der Waals surface area contributed by atoms with Crippen LogP contribution in [0.25, 0.3) is 11.3 Å². The van der Waals surface area contributed by atoms with Crippen LogP contribution in [0.1, 0.15) is 6.92 Å². The van der Waals surface area contributed by atoms with Crippen LogP contribution in [-0.2, 0) is 11.3 Å². The lowest BCUT2D eigenvalue weighted by Crippen LogP contribution is -2.10. The van der Waals surface area contributed by atoms with E-state index < -0.39 is 0 Å². The fraction of sp³-hybridized carbons (Fsp3) is 0.308. The summed E-state index contributed by atoms with van der Waals surface area (Å²) in [5, 5.41) is 0. The van der Waals surface area contributed by atoms with Gasteiger partial charge in [-0.05, 0) is 19.1 Å².